The number of carboxylic acids is 1. The van der Waals surface area contributed by atoms with Crippen molar-refractivity contribution in [2.45, 2.75) is 18.9 Å². The first-order valence-corrected chi connectivity index (χ1v) is 5.66. The Morgan fingerprint density at radius 2 is 2.28 bits per heavy atom. The maximum absolute atomic E-state index is 12.0. The topological polar surface area (TPSA) is 88.5 Å². The highest BCUT2D eigenvalue weighted by Crippen LogP contribution is 2.33. The molecule has 1 amide bonds. The summed E-state index contributed by atoms with van der Waals surface area (Å²) in [6, 6.07) is 2.32. The number of nitrogens with zero attached hydrogens (tertiary/aromatic N) is 1. The second-order valence-corrected chi connectivity index (χ2v) is 4.19. The standard InChI is InChI=1S/C12H14N2O4/c1-18-11-8(3-2-6-13-11)10(15)14-9(12(16)17)7-4-5-7/h2-3,6-7,9H,4-5H2,1H3,(H,14,15)(H,16,17). The summed E-state index contributed by atoms with van der Waals surface area (Å²) in [5, 5.41) is 11.6. The maximum atomic E-state index is 12.0. The summed E-state index contributed by atoms with van der Waals surface area (Å²) in [6.07, 6.45) is 3.17. The monoisotopic (exact) mass is 250 g/mol. The molecule has 18 heavy (non-hydrogen) atoms. The molecule has 0 bridgehead atoms. The van der Waals surface area contributed by atoms with Crippen LogP contribution in [-0.2, 0) is 4.79 Å². The lowest BCUT2D eigenvalue weighted by atomic mass is 10.1. The molecule has 1 aliphatic carbocycles. The summed E-state index contributed by atoms with van der Waals surface area (Å²) in [6.45, 7) is 0. The molecule has 1 aromatic rings. The zero-order valence-corrected chi connectivity index (χ0v) is 9.92. The van der Waals surface area contributed by atoms with Gasteiger partial charge in [0.1, 0.15) is 11.6 Å². The number of pyridine rings is 1. The van der Waals surface area contributed by atoms with Crippen molar-refractivity contribution in [3.05, 3.63) is 23.9 Å². The number of aliphatic carboxylic acids is 1. The van der Waals surface area contributed by atoms with Crippen LogP contribution in [-0.4, -0.2) is 35.1 Å². The average Bonchev–Trinajstić information content (AvgIpc) is 3.19. The highest BCUT2D eigenvalue weighted by molar-refractivity contribution is 5.98. The van der Waals surface area contributed by atoms with Crippen LogP contribution in [0.3, 0.4) is 0 Å². The Kier molecular flexibility index (Phi) is 3.45. The maximum Gasteiger partial charge on any atom is 0.326 e. The first-order chi connectivity index (χ1) is 8.63. The number of hydrogen-bond acceptors (Lipinski definition) is 4. The van der Waals surface area contributed by atoms with Gasteiger partial charge in [0.25, 0.3) is 5.91 Å². The van der Waals surface area contributed by atoms with Gasteiger partial charge in [-0.3, -0.25) is 4.79 Å². The molecule has 0 aliphatic heterocycles. The third-order valence-corrected chi connectivity index (χ3v) is 2.86. The van der Waals surface area contributed by atoms with E-state index in [0.29, 0.717) is 0 Å². The molecule has 1 saturated carbocycles. The molecule has 2 N–H and O–H groups in total. The number of aromatic nitrogens is 1. The van der Waals surface area contributed by atoms with Gasteiger partial charge >= 0.3 is 5.97 Å². The van der Waals surface area contributed by atoms with Crippen molar-refractivity contribution in [1.82, 2.24) is 10.3 Å². The van der Waals surface area contributed by atoms with E-state index in [9.17, 15) is 9.59 Å². The SMILES string of the molecule is COc1ncccc1C(=O)NC(C(=O)O)C1CC1. The van der Waals surface area contributed by atoms with Crippen LogP contribution < -0.4 is 10.1 Å². The van der Waals surface area contributed by atoms with Crippen molar-refractivity contribution in [1.29, 1.82) is 0 Å². The largest absolute Gasteiger partial charge is 0.480 e. The molecular weight excluding hydrogens is 236 g/mol. The van der Waals surface area contributed by atoms with Crippen LogP contribution in [0, 0.1) is 5.92 Å². The Bertz CT molecular complexity index is 471. The van der Waals surface area contributed by atoms with Crippen LogP contribution in [0.2, 0.25) is 0 Å². The molecule has 1 fully saturated rings. The fourth-order valence-corrected chi connectivity index (χ4v) is 1.76. The molecular formula is C12H14N2O4. The Morgan fingerprint density at radius 3 is 2.83 bits per heavy atom. The van der Waals surface area contributed by atoms with E-state index in [-0.39, 0.29) is 17.4 Å². The normalized spacial score (nSPS) is 15.8. The van der Waals surface area contributed by atoms with Gasteiger partial charge in [-0.25, -0.2) is 9.78 Å². The second kappa shape index (κ2) is 5.03. The minimum atomic E-state index is -1.01. The van der Waals surface area contributed by atoms with Crippen molar-refractivity contribution in [3.8, 4) is 5.88 Å². The molecule has 0 aromatic carbocycles. The minimum absolute atomic E-state index is 0.0362. The van der Waals surface area contributed by atoms with Crippen LogP contribution in [0.15, 0.2) is 18.3 Å². The number of methoxy groups -OCH3 is 1. The number of amides is 1. The Balaban J connectivity index is 2.13. The van der Waals surface area contributed by atoms with E-state index in [4.69, 9.17) is 9.84 Å². The Morgan fingerprint density at radius 1 is 1.56 bits per heavy atom. The Hall–Kier alpha value is -2.11. The first-order valence-electron chi connectivity index (χ1n) is 5.66. The van der Waals surface area contributed by atoms with Gasteiger partial charge in [0, 0.05) is 6.20 Å². The van der Waals surface area contributed by atoms with Gasteiger partial charge in [0.15, 0.2) is 0 Å². The zero-order chi connectivity index (χ0) is 13.1. The molecule has 1 unspecified atom stereocenters. The molecule has 6 nitrogen and oxygen atoms in total. The summed E-state index contributed by atoms with van der Waals surface area (Å²) in [4.78, 5) is 26.9. The number of ether oxygens (including phenoxy) is 1. The van der Waals surface area contributed by atoms with Crippen LogP contribution >= 0.6 is 0 Å². The van der Waals surface area contributed by atoms with Gasteiger partial charge in [-0.1, -0.05) is 0 Å². The number of rotatable bonds is 5. The van der Waals surface area contributed by atoms with Crippen LogP contribution in [0.5, 0.6) is 5.88 Å². The summed E-state index contributed by atoms with van der Waals surface area (Å²) in [5.41, 5.74) is 0.242. The van der Waals surface area contributed by atoms with Gasteiger partial charge in [-0.2, -0.15) is 0 Å². The van der Waals surface area contributed by atoms with Gasteiger partial charge in [-0.15, -0.1) is 0 Å². The number of carboxylic acid groups (broad SMARTS) is 1. The van der Waals surface area contributed by atoms with Crippen molar-refractivity contribution in [3.63, 3.8) is 0 Å². The molecule has 0 spiro atoms. The average molecular weight is 250 g/mol. The summed E-state index contributed by atoms with van der Waals surface area (Å²) >= 11 is 0. The third-order valence-electron chi connectivity index (χ3n) is 2.86. The van der Waals surface area contributed by atoms with E-state index < -0.39 is 17.9 Å². The fourth-order valence-electron chi connectivity index (χ4n) is 1.76. The number of hydrogen-bond donors (Lipinski definition) is 2. The molecule has 1 atom stereocenters. The predicted molar refractivity (Wildman–Crippen MR) is 62.4 cm³/mol. The van der Waals surface area contributed by atoms with E-state index in [2.05, 4.69) is 10.3 Å². The minimum Gasteiger partial charge on any atom is -0.480 e. The lowest BCUT2D eigenvalue weighted by Crippen LogP contribution is -2.42. The number of carbonyl (C=O) groups is 2. The van der Waals surface area contributed by atoms with E-state index in [1.165, 1.54) is 13.3 Å². The van der Waals surface area contributed by atoms with Crippen LogP contribution in [0.1, 0.15) is 23.2 Å². The molecule has 0 saturated heterocycles. The van der Waals surface area contributed by atoms with Crippen molar-refractivity contribution in [2.75, 3.05) is 7.11 Å². The summed E-state index contributed by atoms with van der Waals surface area (Å²) in [7, 11) is 1.41. The highest BCUT2D eigenvalue weighted by Gasteiger charge is 2.37. The quantitative estimate of drug-likeness (QED) is 0.802. The molecule has 0 radical (unpaired) electrons. The lowest BCUT2D eigenvalue weighted by Gasteiger charge is -2.14. The second-order valence-electron chi connectivity index (χ2n) is 4.19. The third kappa shape index (κ3) is 2.58. The van der Waals surface area contributed by atoms with Crippen molar-refractivity contribution >= 4 is 11.9 Å². The van der Waals surface area contributed by atoms with Crippen LogP contribution in [0.4, 0.5) is 0 Å². The van der Waals surface area contributed by atoms with E-state index in [0.717, 1.165) is 12.8 Å². The van der Waals surface area contributed by atoms with E-state index in [1.807, 2.05) is 0 Å². The molecule has 1 aromatic heterocycles. The van der Waals surface area contributed by atoms with Gasteiger partial charge in [0.05, 0.1) is 7.11 Å². The number of nitrogens with one attached hydrogen (secondary N) is 1. The molecule has 96 valence electrons. The van der Waals surface area contributed by atoms with Gasteiger partial charge in [-0.05, 0) is 30.9 Å². The molecule has 2 rings (SSSR count). The van der Waals surface area contributed by atoms with E-state index >= 15 is 0 Å². The highest BCUT2D eigenvalue weighted by atomic mass is 16.5. The zero-order valence-electron chi connectivity index (χ0n) is 9.92. The molecule has 1 heterocycles. The van der Waals surface area contributed by atoms with Crippen LogP contribution in [0.25, 0.3) is 0 Å². The van der Waals surface area contributed by atoms with E-state index in [1.54, 1.807) is 12.1 Å². The van der Waals surface area contributed by atoms with Crippen molar-refractivity contribution < 1.29 is 19.4 Å². The summed E-state index contributed by atoms with van der Waals surface area (Å²) < 4.78 is 4.97. The first kappa shape index (κ1) is 12.3. The predicted octanol–water partition coefficient (Wildman–Crippen LogP) is 0.683. The molecule has 6 heteroatoms. The Labute approximate surface area is 104 Å². The van der Waals surface area contributed by atoms with Gasteiger partial charge < -0.3 is 15.2 Å². The molecule has 1 aliphatic rings. The lowest BCUT2D eigenvalue weighted by molar-refractivity contribution is -0.139. The number of carbonyl (C=O) groups excluding carboxylic acids is 1. The summed E-state index contributed by atoms with van der Waals surface area (Å²) in [5.74, 6) is -1.25. The van der Waals surface area contributed by atoms with Crippen molar-refractivity contribution in [2.24, 2.45) is 5.92 Å². The van der Waals surface area contributed by atoms with Gasteiger partial charge in [0.2, 0.25) is 5.88 Å². The smallest absolute Gasteiger partial charge is 0.326 e. The fraction of sp³-hybridized carbons (Fsp3) is 0.417.